The number of hydrogen-bond donors (Lipinski definition) is 2. The van der Waals surface area contributed by atoms with Crippen molar-refractivity contribution in [3.63, 3.8) is 0 Å². The van der Waals surface area contributed by atoms with Crippen LogP contribution in [0.15, 0.2) is 48.5 Å². The zero-order valence-electron chi connectivity index (χ0n) is 15.4. The molecular weight excluding hydrogens is 356 g/mol. The molecule has 6 heteroatoms. The molecule has 0 spiro atoms. The summed E-state index contributed by atoms with van der Waals surface area (Å²) < 4.78 is 3.61. The lowest BCUT2D eigenvalue weighted by Gasteiger charge is -2.03. The van der Waals surface area contributed by atoms with Gasteiger partial charge in [-0.3, -0.25) is 0 Å². The van der Waals surface area contributed by atoms with E-state index in [1.165, 1.54) is 0 Å². The minimum Gasteiger partial charge on any atom is -0.478 e. The first-order valence-electron chi connectivity index (χ1n) is 8.71. The van der Waals surface area contributed by atoms with Crippen molar-refractivity contribution in [2.24, 2.45) is 14.1 Å². The number of benzene rings is 2. The van der Waals surface area contributed by atoms with Crippen LogP contribution in [-0.2, 0) is 14.1 Å². The fraction of sp³-hybridized carbons (Fsp3) is 0.0909. The maximum atomic E-state index is 11.9. The van der Waals surface area contributed by atoms with Gasteiger partial charge in [0.25, 0.3) is 0 Å². The lowest BCUT2D eigenvalue weighted by atomic mass is 10.1. The Morgan fingerprint density at radius 2 is 1.07 bits per heavy atom. The number of fused-ring (bicyclic) bond motifs is 2. The summed E-state index contributed by atoms with van der Waals surface area (Å²) >= 11 is 0. The van der Waals surface area contributed by atoms with Crippen molar-refractivity contribution in [1.82, 2.24) is 9.13 Å². The maximum Gasteiger partial charge on any atom is 0.338 e. The summed E-state index contributed by atoms with van der Waals surface area (Å²) in [6.45, 7) is 0. The zero-order valence-corrected chi connectivity index (χ0v) is 15.4. The predicted molar refractivity (Wildman–Crippen MR) is 109 cm³/mol. The van der Waals surface area contributed by atoms with Gasteiger partial charge >= 0.3 is 11.9 Å². The van der Waals surface area contributed by atoms with Crippen LogP contribution in [0, 0.1) is 0 Å². The van der Waals surface area contributed by atoms with Gasteiger partial charge in [-0.1, -0.05) is 36.4 Å². The number of para-hydroxylation sites is 2. The smallest absolute Gasteiger partial charge is 0.338 e. The molecule has 0 bridgehead atoms. The van der Waals surface area contributed by atoms with E-state index in [4.69, 9.17) is 0 Å². The van der Waals surface area contributed by atoms with Crippen molar-refractivity contribution in [1.29, 1.82) is 0 Å². The highest BCUT2D eigenvalue weighted by Gasteiger charge is 2.21. The molecule has 4 aromatic rings. The molecule has 0 aliphatic heterocycles. The van der Waals surface area contributed by atoms with Crippen LogP contribution in [0.25, 0.3) is 34.0 Å². The molecule has 4 rings (SSSR count). The largest absolute Gasteiger partial charge is 0.478 e. The molecule has 0 fully saturated rings. The number of carboxylic acid groups (broad SMARTS) is 2. The Hall–Kier alpha value is -3.80. The van der Waals surface area contributed by atoms with E-state index in [1.54, 1.807) is 59.6 Å². The Bertz CT molecular complexity index is 1190. The first kappa shape index (κ1) is 17.6. The minimum atomic E-state index is -1.02. The third-order valence-corrected chi connectivity index (χ3v) is 5.13. The van der Waals surface area contributed by atoms with Crippen LogP contribution in [0.5, 0.6) is 0 Å². The minimum absolute atomic E-state index is 0.199. The highest BCUT2D eigenvalue weighted by molar-refractivity contribution is 6.10. The van der Waals surface area contributed by atoms with Crippen LogP contribution in [-0.4, -0.2) is 31.3 Å². The highest BCUT2D eigenvalue weighted by atomic mass is 16.4. The molecule has 0 radical (unpaired) electrons. The topological polar surface area (TPSA) is 84.5 Å². The van der Waals surface area contributed by atoms with Crippen LogP contribution in [0.2, 0.25) is 0 Å². The average molecular weight is 374 g/mol. The van der Waals surface area contributed by atoms with Crippen molar-refractivity contribution in [3.05, 3.63) is 71.0 Å². The summed E-state index contributed by atoms with van der Waals surface area (Å²) in [6, 6.07) is 14.6. The van der Waals surface area contributed by atoms with Crippen molar-refractivity contribution < 1.29 is 19.8 Å². The predicted octanol–water partition coefficient (Wildman–Crippen LogP) is 4.24. The first-order chi connectivity index (χ1) is 13.4. The second-order valence-electron chi connectivity index (χ2n) is 6.62. The lowest BCUT2D eigenvalue weighted by Crippen LogP contribution is -2.02. The van der Waals surface area contributed by atoms with Crippen LogP contribution in [0.1, 0.15) is 32.1 Å². The van der Waals surface area contributed by atoms with Crippen molar-refractivity contribution in [2.75, 3.05) is 0 Å². The number of carboxylic acids is 2. The number of carbonyl (C=O) groups is 2. The van der Waals surface area contributed by atoms with Crippen LogP contribution < -0.4 is 0 Å². The van der Waals surface area contributed by atoms with Crippen molar-refractivity contribution in [2.45, 2.75) is 0 Å². The van der Waals surface area contributed by atoms with Gasteiger partial charge in [0, 0.05) is 35.9 Å². The Balaban J connectivity index is 1.97. The molecule has 2 aromatic heterocycles. The van der Waals surface area contributed by atoms with Gasteiger partial charge in [-0.2, -0.15) is 0 Å². The highest BCUT2D eigenvalue weighted by Crippen LogP contribution is 2.30. The Morgan fingerprint density at radius 1 is 0.714 bits per heavy atom. The van der Waals surface area contributed by atoms with Gasteiger partial charge in [0.15, 0.2) is 0 Å². The van der Waals surface area contributed by atoms with Gasteiger partial charge in [0.05, 0.1) is 22.5 Å². The number of aromatic carboxylic acids is 2. The summed E-state index contributed by atoms with van der Waals surface area (Å²) in [5, 5.41) is 20.8. The van der Waals surface area contributed by atoms with Gasteiger partial charge in [-0.05, 0) is 24.3 Å². The van der Waals surface area contributed by atoms with Crippen LogP contribution in [0.4, 0.5) is 0 Å². The molecule has 0 saturated heterocycles. The van der Waals surface area contributed by atoms with E-state index < -0.39 is 11.9 Å². The summed E-state index contributed by atoms with van der Waals surface area (Å²) in [4.78, 5) is 23.8. The molecule has 0 amide bonds. The van der Waals surface area contributed by atoms with E-state index in [-0.39, 0.29) is 11.1 Å². The third-order valence-electron chi connectivity index (χ3n) is 5.13. The average Bonchev–Trinajstić information content (AvgIpc) is 3.12. The Kier molecular flexibility index (Phi) is 4.04. The molecule has 6 nitrogen and oxygen atoms in total. The molecule has 0 atom stereocenters. The number of hydrogen-bond acceptors (Lipinski definition) is 2. The number of aryl methyl sites for hydroxylation is 2. The summed E-state index contributed by atoms with van der Waals surface area (Å²) in [5.74, 6) is -2.04. The molecule has 0 aliphatic carbocycles. The summed E-state index contributed by atoms with van der Waals surface area (Å²) in [5.41, 5.74) is 3.02. The quantitative estimate of drug-likeness (QED) is 0.560. The van der Waals surface area contributed by atoms with E-state index in [1.807, 2.05) is 24.3 Å². The van der Waals surface area contributed by atoms with E-state index in [9.17, 15) is 19.8 Å². The molecule has 2 heterocycles. The third kappa shape index (κ3) is 2.50. The Labute approximate surface area is 160 Å². The molecule has 2 aromatic carbocycles. The van der Waals surface area contributed by atoms with Gasteiger partial charge in [0.1, 0.15) is 0 Å². The van der Waals surface area contributed by atoms with Gasteiger partial charge in [-0.25, -0.2) is 9.59 Å². The standard InChI is InChI=1S/C22H18N2O4/c1-23-15-9-5-3-7-13(15)19(21(25)26)17(23)11-12-18-20(22(27)28)14-8-4-6-10-16(14)24(18)2/h3-12H,1-2H3,(H,25,26)(H,27,28). The second-order valence-corrected chi connectivity index (χ2v) is 6.62. The molecule has 2 N–H and O–H groups in total. The fourth-order valence-electron chi connectivity index (χ4n) is 3.82. The normalized spacial score (nSPS) is 11.6. The second kappa shape index (κ2) is 6.42. The molecule has 28 heavy (non-hydrogen) atoms. The molecule has 0 unspecified atom stereocenters. The maximum absolute atomic E-state index is 11.9. The van der Waals surface area contributed by atoms with Crippen molar-refractivity contribution in [3.8, 4) is 0 Å². The monoisotopic (exact) mass is 374 g/mol. The van der Waals surface area contributed by atoms with E-state index in [0.717, 1.165) is 11.0 Å². The van der Waals surface area contributed by atoms with E-state index in [0.29, 0.717) is 22.2 Å². The number of aromatic nitrogens is 2. The molecular formula is C22H18N2O4. The van der Waals surface area contributed by atoms with Crippen LogP contribution in [0.3, 0.4) is 0 Å². The summed E-state index contributed by atoms with van der Waals surface area (Å²) in [7, 11) is 3.60. The number of rotatable bonds is 4. The molecule has 140 valence electrons. The Morgan fingerprint density at radius 3 is 1.43 bits per heavy atom. The lowest BCUT2D eigenvalue weighted by molar-refractivity contribution is 0.0687. The summed E-state index contributed by atoms with van der Waals surface area (Å²) in [6.07, 6.45) is 3.34. The van der Waals surface area contributed by atoms with Gasteiger partial charge in [-0.15, -0.1) is 0 Å². The van der Waals surface area contributed by atoms with Gasteiger partial charge in [0.2, 0.25) is 0 Å². The molecule has 0 aliphatic rings. The van der Waals surface area contributed by atoms with Gasteiger partial charge < -0.3 is 19.3 Å². The zero-order chi connectivity index (χ0) is 20.0. The SMILES string of the molecule is Cn1c(C=Cc2c(C(=O)O)c3ccccc3n2C)c(C(=O)O)c2ccccc21. The van der Waals surface area contributed by atoms with Crippen molar-refractivity contribution >= 4 is 45.9 Å². The first-order valence-corrected chi connectivity index (χ1v) is 8.71. The van der Waals surface area contributed by atoms with E-state index in [2.05, 4.69) is 0 Å². The molecule has 0 saturated carbocycles. The fourth-order valence-corrected chi connectivity index (χ4v) is 3.82. The van der Waals surface area contributed by atoms with E-state index >= 15 is 0 Å². The number of nitrogens with zero attached hydrogens (tertiary/aromatic N) is 2. The van der Waals surface area contributed by atoms with Crippen LogP contribution >= 0.6 is 0 Å².